The number of halogens is 1. The molecule has 1 spiro atoms. The van der Waals surface area contributed by atoms with Crippen molar-refractivity contribution in [3.8, 4) is 11.4 Å². The molecule has 0 amide bonds. The van der Waals surface area contributed by atoms with Crippen LogP contribution in [0.1, 0.15) is 63.6 Å². The minimum atomic E-state index is -0.119. The van der Waals surface area contributed by atoms with Gasteiger partial charge < -0.3 is 9.05 Å². The summed E-state index contributed by atoms with van der Waals surface area (Å²) in [6.07, 6.45) is 3.36. The number of aromatic nitrogens is 4. The van der Waals surface area contributed by atoms with Crippen LogP contribution in [0.3, 0.4) is 0 Å². The van der Waals surface area contributed by atoms with E-state index < -0.39 is 0 Å². The van der Waals surface area contributed by atoms with Crippen LogP contribution in [0.5, 0.6) is 0 Å². The van der Waals surface area contributed by atoms with Crippen LogP contribution in [0.2, 0.25) is 5.02 Å². The van der Waals surface area contributed by atoms with E-state index in [0.29, 0.717) is 28.1 Å². The summed E-state index contributed by atoms with van der Waals surface area (Å²) < 4.78 is 11.0. The zero-order valence-corrected chi connectivity index (χ0v) is 18.3. The molecule has 0 N–H and O–H groups in total. The maximum atomic E-state index is 6.08. The van der Waals surface area contributed by atoms with Crippen LogP contribution < -0.4 is 0 Å². The first-order valence-electron chi connectivity index (χ1n) is 10.5. The van der Waals surface area contributed by atoms with Crippen LogP contribution in [0, 0.1) is 5.41 Å². The monoisotopic (exact) mass is 427 g/mol. The standard InChI is InChI=1S/C22H26ClN5O2/c1-21(2,3)20-24-17(26-30-20)13-28-9-7-22(8-10-28)12-16(22)19-25-18(27-29-19)14-5-4-6-15(23)11-14/h4-6,11,16H,7-10,12-13H2,1-3H3/t16-/m0/s1. The van der Waals surface area contributed by atoms with Crippen molar-refractivity contribution in [2.24, 2.45) is 5.41 Å². The van der Waals surface area contributed by atoms with Gasteiger partial charge in [0.1, 0.15) is 0 Å². The average Bonchev–Trinajstić information content (AvgIpc) is 3.08. The molecule has 30 heavy (non-hydrogen) atoms. The summed E-state index contributed by atoms with van der Waals surface area (Å²) in [4.78, 5) is 11.6. The Morgan fingerprint density at radius 3 is 2.63 bits per heavy atom. The maximum absolute atomic E-state index is 6.08. The van der Waals surface area contributed by atoms with Gasteiger partial charge in [0, 0.05) is 21.9 Å². The van der Waals surface area contributed by atoms with Crippen molar-refractivity contribution >= 4 is 11.6 Å². The Kier molecular flexibility index (Phi) is 4.71. The number of hydrogen-bond donors (Lipinski definition) is 0. The molecule has 1 aromatic carbocycles. The Morgan fingerprint density at radius 1 is 1.13 bits per heavy atom. The highest BCUT2D eigenvalue weighted by Crippen LogP contribution is 2.64. The van der Waals surface area contributed by atoms with Gasteiger partial charge in [-0.25, -0.2) is 0 Å². The van der Waals surface area contributed by atoms with Gasteiger partial charge in [0.05, 0.1) is 6.54 Å². The van der Waals surface area contributed by atoms with E-state index in [9.17, 15) is 0 Å². The molecule has 2 fully saturated rings. The van der Waals surface area contributed by atoms with Crippen molar-refractivity contribution in [3.63, 3.8) is 0 Å². The van der Waals surface area contributed by atoms with Crippen LogP contribution in [0.25, 0.3) is 11.4 Å². The van der Waals surface area contributed by atoms with Crippen LogP contribution in [0.4, 0.5) is 0 Å². The van der Waals surface area contributed by atoms with Gasteiger partial charge in [-0.05, 0) is 49.9 Å². The Hall–Kier alpha value is -2.25. The molecule has 1 saturated heterocycles. The van der Waals surface area contributed by atoms with Crippen LogP contribution in [0.15, 0.2) is 33.3 Å². The third-order valence-corrected chi connectivity index (χ3v) is 6.57. The number of nitrogens with zero attached hydrogens (tertiary/aromatic N) is 5. The molecule has 3 aromatic rings. The first-order chi connectivity index (χ1) is 14.3. The quantitative estimate of drug-likeness (QED) is 0.589. The first-order valence-corrected chi connectivity index (χ1v) is 10.9. The minimum absolute atomic E-state index is 0.119. The van der Waals surface area contributed by atoms with Gasteiger partial charge in [0.15, 0.2) is 5.82 Å². The molecule has 0 unspecified atom stereocenters. The molecule has 158 valence electrons. The maximum Gasteiger partial charge on any atom is 0.232 e. The van der Waals surface area contributed by atoms with E-state index >= 15 is 0 Å². The number of rotatable bonds is 4. The number of piperidine rings is 1. The normalized spacial score (nSPS) is 21.3. The number of likely N-dealkylation sites (tertiary alicyclic amines) is 1. The van der Waals surface area contributed by atoms with Gasteiger partial charge in [-0.1, -0.05) is 54.8 Å². The highest BCUT2D eigenvalue weighted by molar-refractivity contribution is 6.30. The molecule has 0 radical (unpaired) electrons. The highest BCUT2D eigenvalue weighted by Gasteiger charge is 2.58. The summed E-state index contributed by atoms with van der Waals surface area (Å²) in [6, 6.07) is 7.55. The molecular weight excluding hydrogens is 402 g/mol. The molecule has 3 heterocycles. The molecule has 0 bridgehead atoms. The lowest BCUT2D eigenvalue weighted by molar-refractivity contribution is 0.154. The second-order valence-electron chi connectivity index (χ2n) is 9.63. The van der Waals surface area contributed by atoms with Gasteiger partial charge in [-0.2, -0.15) is 9.97 Å². The van der Waals surface area contributed by atoms with Crippen LogP contribution in [-0.2, 0) is 12.0 Å². The van der Waals surface area contributed by atoms with Gasteiger partial charge in [0.2, 0.25) is 17.6 Å². The van der Waals surface area contributed by atoms with E-state index in [2.05, 4.69) is 46.0 Å². The molecule has 1 aliphatic heterocycles. The minimum Gasteiger partial charge on any atom is -0.339 e. The average molecular weight is 428 g/mol. The lowest BCUT2D eigenvalue weighted by Crippen LogP contribution is -2.34. The second kappa shape index (κ2) is 7.17. The van der Waals surface area contributed by atoms with E-state index in [-0.39, 0.29) is 5.41 Å². The van der Waals surface area contributed by atoms with E-state index in [1.165, 1.54) is 0 Å². The van der Waals surface area contributed by atoms with Gasteiger partial charge in [0.25, 0.3) is 0 Å². The summed E-state index contributed by atoms with van der Waals surface area (Å²) in [5.74, 6) is 3.19. The topological polar surface area (TPSA) is 81.1 Å². The number of hydrogen-bond acceptors (Lipinski definition) is 7. The van der Waals surface area contributed by atoms with E-state index in [1.54, 1.807) is 0 Å². The summed E-state index contributed by atoms with van der Waals surface area (Å²) in [5, 5.41) is 9.01. The highest BCUT2D eigenvalue weighted by atomic mass is 35.5. The zero-order valence-electron chi connectivity index (χ0n) is 17.6. The number of benzene rings is 1. The van der Waals surface area contributed by atoms with Crippen molar-refractivity contribution < 1.29 is 9.05 Å². The predicted octanol–water partition coefficient (Wildman–Crippen LogP) is 4.84. The fourth-order valence-corrected chi connectivity index (χ4v) is 4.54. The van der Waals surface area contributed by atoms with Crippen molar-refractivity contribution in [1.29, 1.82) is 0 Å². The van der Waals surface area contributed by atoms with E-state index in [1.807, 2.05) is 24.3 Å². The molecule has 2 aliphatic rings. The molecule has 1 saturated carbocycles. The SMILES string of the molecule is CC(C)(C)c1nc(CN2CCC3(CC2)C[C@H]3c2nc(-c3cccc(Cl)c3)no2)no1. The fourth-order valence-electron chi connectivity index (χ4n) is 4.35. The Balaban J connectivity index is 1.19. The zero-order chi connectivity index (χ0) is 20.9. The molecule has 7 nitrogen and oxygen atoms in total. The Morgan fingerprint density at radius 2 is 1.93 bits per heavy atom. The van der Waals surface area contributed by atoms with Gasteiger partial charge >= 0.3 is 0 Å². The largest absolute Gasteiger partial charge is 0.339 e. The second-order valence-corrected chi connectivity index (χ2v) is 10.1. The molecule has 8 heteroatoms. The molecule has 1 aliphatic carbocycles. The van der Waals surface area contributed by atoms with E-state index in [4.69, 9.17) is 20.6 Å². The fraction of sp³-hybridized carbons (Fsp3) is 0.545. The Bertz CT molecular complexity index is 1050. The molecule has 5 rings (SSSR count). The van der Waals surface area contributed by atoms with Crippen LogP contribution in [-0.4, -0.2) is 38.3 Å². The van der Waals surface area contributed by atoms with Gasteiger partial charge in [-0.3, -0.25) is 4.90 Å². The molecule has 2 aromatic heterocycles. The lowest BCUT2D eigenvalue weighted by atomic mass is 9.91. The molecular formula is C22H26ClN5O2. The summed E-state index contributed by atoms with van der Waals surface area (Å²) in [5.41, 5.74) is 1.06. The smallest absolute Gasteiger partial charge is 0.232 e. The van der Waals surface area contributed by atoms with Crippen molar-refractivity contribution in [2.45, 2.75) is 57.9 Å². The molecule has 1 atom stereocenters. The third kappa shape index (κ3) is 3.76. The van der Waals surface area contributed by atoms with Crippen molar-refractivity contribution in [3.05, 3.63) is 46.9 Å². The summed E-state index contributed by atoms with van der Waals surface area (Å²) in [6.45, 7) is 9.02. The van der Waals surface area contributed by atoms with Crippen LogP contribution >= 0.6 is 11.6 Å². The van der Waals surface area contributed by atoms with E-state index in [0.717, 1.165) is 56.2 Å². The van der Waals surface area contributed by atoms with Gasteiger partial charge in [-0.15, -0.1) is 0 Å². The van der Waals surface area contributed by atoms with Crippen molar-refractivity contribution in [1.82, 2.24) is 25.2 Å². The summed E-state index contributed by atoms with van der Waals surface area (Å²) >= 11 is 6.08. The summed E-state index contributed by atoms with van der Waals surface area (Å²) in [7, 11) is 0. The predicted molar refractivity (Wildman–Crippen MR) is 112 cm³/mol. The Labute approximate surface area is 180 Å². The third-order valence-electron chi connectivity index (χ3n) is 6.34. The first kappa shape index (κ1) is 19.7. The van der Waals surface area contributed by atoms with Crippen molar-refractivity contribution in [2.75, 3.05) is 13.1 Å². The lowest BCUT2D eigenvalue weighted by Gasteiger charge is -2.31.